The number of aromatic nitrogens is 1. The molecule has 1 aromatic heterocycles. The first-order valence-electron chi connectivity index (χ1n) is 9.46. The first kappa shape index (κ1) is 18.7. The SMILES string of the molecule is CN1C(=CC=Cc2cc[n+](C(N)CCN)c3ccccc23)Sc2ccccc21. The molecule has 0 saturated carbocycles. The van der Waals surface area contributed by atoms with Crippen LogP contribution in [0.2, 0.25) is 0 Å². The molecule has 4 nitrogen and oxygen atoms in total. The van der Waals surface area contributed by atoms with Crippen molar-refractivity contribution in [2.45, 2.75) is 17.5 Å². The lowest BCUT2D eigenvalue weighted by Crippen LogP contribution is -2.46. The van der Waals surface area contributed by atoms with E-state index in [0.717, 1.165) is 11.9 Å². The smallest absolute Gasteiger partial charge is 0.214 e. The zero-order valence-electron chi connectivity index (χ0n) is 16.0. The molecular formula is C23H25N4S+. The molecule has 1 unspecified atom stereocenters. The molecular weight excluding hydrogens is 364 g/mol. The summed E-state index contributed by atoms with van der Waals surface area (Å²) < 4.78 is 2.11. The van der Waals surface area contributed by atoms with Gasteiger partial charge in [-0.3, -0.25) is 5.73 Å². The van der Waals surface area contributed by atoms with Crippen LogP contribution in [0.5, 0.6) is 0 Å². The van der Waals surface area contributed by atoms with E-state index in [1.807, 2.05) is 6.07 Å². The highest BCUT2D eigenvalue weighted by Crippen LogP contribution is 2.44. The molecule has 5 heteroatoms. The van der Waals surface area contributed by atoms with Gasteiger partial charge >= 0.3 is 0 Å². The number of benzene rings is 2. The van der Waals surface area contributed by atoms with Gasteiger partial charge in [-0.05, 0) is 29.8 Å². The van der Waals surface area contributed by atoms with Gasteiger partial charge in [-0.25, -0.2) is 0 Å². The van der Waals surface area contributed by atoms with E-state index in [0.29, 0.717) is 6.54 Å². The largest absolute Gasteiger partial charge is 0.338 e. The third-order valence-electron chi connectivity index (χ3n) is 5.01. The highest BCUT2D eigenvalue weighted by Gasteiger charge is 2.20. The van der Waals surface area contributed by atoms with E-state index in [1.54, 1.807) is 11.8 Å². The van der Waals surface area contributed by atoms with Gasteiger partial charge in [0.2, 0.25) is 11.7 Å². The van der Waals surface area contributed by atoms with E-state index < -0.39 is 0 Å². The predicted molar refractivity (Wildman–Crippen MR) is 119 cm³/mol. The van der Waals surface area contributed by atoms with Crippen molar-refractivity contribution < 1.29 is 4.57 Å². The van der Waals surface area contributed by atoms with Crippen molar-refractivity contribution in [2.75, 3.05) is 18.5 Å². The summed E-state index contributed by atoms with van der Waals surface area (Å²) in [4.78, 5) is 3.53. The molecule has 0 bridgehead atoms. The molecule has 4 N–H and O–H groups in total. The van der Waals surface area contributed by atoms with Crippen LogP contribution in [0.1, 0.15) is 18.2 Å². The second-order valence-corrected chi connectivity index (χ2v) is 7.90. The number of rotatable bonds is 5. The van der Waals surface area contributed by atoms with Gasteiger partial charge in [-0.15, -0.1) is 0 Å². The number of anilines is 1. The summed E-state index contributed by atoms with van der Waals surface area (Å²) in [6.45, 7) is 0.575. The van der Waals surface area contributed by atoms with Gasteiger partial charge in [0.1, 0.15) is 0 Å². The van der Waals surface area contributed by atoms with Gasteiger partial charge < -0.3 is 10.6 Å². The number of nitrogens with two attached hydrogens (primary N) is 2. The van der Waals surface area contributed by atoms with Crippen LogP contribution >= 0.6 is 11.8 Å². The Labute approximate surface area is 170 Å². The van der Waals surface area contributed by atoms with Crippen molar-refractivity contribution in [1.29, 1.82) is 0 Å². The molecule has 0 aliphatic carbocycles. The Morgan fingerprint density at radius 1 is 1.11 bits per heavy atom. The van der Waals surface area contributed by atoms with Crippen LogP contribution in [0.4, 0.5) is 5.69 Å². The molecule has 1 aliphatic rings. The molecule has 1 aliphatic heterocycles. The fourth-order valence-corrected chi connectivity index (χ4v) is 4.58. The molecule has 0 fully saturated rings. The van der Waals surface area contributed by atoms with E-state index >= 15 is 0 Å². The van der Waals surface area contributed by atoms with E-state index in [1.165, 1.54) is 26.6 Å². The maximum absolute atomic E-state index is 6.31. The number of hydrogen-bond acceptors (Lipinski definition) is 4. The maximum atomic E-state index is 6.31. The summed E-state index contributed by atoms with van der Waals surface area (Å²) in [6.07, 6.45) is 9.14. The summed E-state index contributed by atoms with van der Waals surface area (Å²) in [5, 5.41) is 2.40. The molecule has 3 aromatic rings. The normalized spacial score (nSPS) is 16.2. The number of para-hydroxylation sites is 2. The first-order chi connectivity index (χ1) is 13.7. The molecule has 2 heterocycles. The second-order valence-electron chi connectivity index (χ2n) is 6.83. The lowest BCUT2D eigenvalue weighted by molar-refractivity contribution is -0.698. The lowest BCUT2D eigenvalue weighted by atomic mass is 10.1. The van der Waals surface area contributed by atoms with Gasteiger partial charge in [-0.2, -0.15) is 4.57 Å². The minimum Gasteiger partial charge on any atom is -0.338 e. The molecule has 28 heavy (non-hydrogen) atoms. The van der Waals surface area contributed by atoms with Crippen molar-refractivity contribution in [2.24, 2.45) is 11.5 Å². The van der Waals surface area contributed by atoms with Crippen LogP contribution in [0.3, 0.4) is 0 Å². The topological polar surface area (TPSA) is 59.2 Å². The van der Waals surface area contributed by atoms with Crippen molar-refractivity contribution in [3.05, 3.63) is 83.5 Å². The molecule has 1 atom stereocenters. The minimum atomic E-state index is -0.114. The van der Waals surface area contributed by atoms with E-state index in [-0.39, 0.29) is 6.17 Å². The van der Waals surface area contributed by atoms with Crippen LogP contribution in [0, 0.1) is 0 Å². The molecule has 0 amide bonds. The Kier molecular flexibility index (Phi) is 5.48. The molecule has 0 spiro atoms. The second kappa shape index (κ2) is 8.19. The Morgan fingerprint density at radius 2 is 1.89 bits per heavy atom. The molecule has 0 radical (unpaired) electrons. The average molecular weight is 390 g/mol. The molecule has 142 valence electrons. The fourth-order valence-electron chi connectivity index (χ4n) is 3.52. The van der Waals surface area contributed by atoms with Crippen LogP contribution in [0.15, 0.2) is 82.9 Å². The van der Waals surface area contributed by atoms with Crippen LogP contribution < -0.4 is 20.9 Å². The van der Waals surface area contributed by atoms with Crippen LogP contribution in [-0.2, 0) is 0 Å². The van der Waals surface area contributed by atoms with E-state index in [2.05, 4.69) is 89.5 Å². The average Bonchev–Trinajstić information content (AvgIpc) is 3.04. The number of allylic oxidation sites excluding steroid dienone is 2. The quantitative estimate of drug-likeness (QED) is 0.647. The van der Waals surface area contributed by atoms with Crippen molar-refractivity contribution in [3.63, 3.8) is 0 Å². The van der Waals surface area contributed by atoms with Crippen LogP contribution in [0.25, 0.3) is 17.0 Å². The minimum absolute atomic E-state index is 0.114. The number of nitrogens with zero attached hydrogens (tertiary/aromatic N) is 2. The van der Waals surface area contributed by atoms with Crippen molar-refractivity contribution in [1.82, 2.24) is 0 Å². The number of fused-ring (bicyclic) bond motifs is 2. The summed E-state index contributed by atoms with van der Waals surface area (Å²) >= 11 is 1.80. The van der Waals surface area contributed by atoms with Crippen molar-refractivity contribution in [3.8, 4) is 0 Å². The Balaban J connectivity index is 1.63. The fraction of sp³-hybridized carbons (Fsp3) is 0.174. The Hall–Kier alpha value is -2.60. The standard InChI is InChI=1S/C23H25N4S/c1-26-20-10-4-5-11-21(20)28-23(26)12-6-7-17-14-16-27(22(25)13-15-24)19-9-3-2-8-18(17)19/h2-12,14,16,22H,13,15,24-25H2,1H3/q+1. The van der Waals surface area contributed by atoms with E-state index in [4.69, 9.17) is 11.5 Å². The predicted octanol–water partition coefficient (Wildman–Crippen LogP) is 4.03. The molecule has 2 aromatic carbocycles. The summed E-state index contributed by atoms with van der Waals surface area (Å²) in [5.41, 5.74) is 15.6. The number of pyridine rings is 1. The number of thioether (sulfide) groups is 1. The zero-order chi connectivity index (χ0) is 19.5. The lowest BCUT2D eigenvalue weighted by Gasteiger charge is -2.12. The maximum Gasteiger partial charge on any atom is 0.214 e. The number of hydrogen-bond donors (Lipinski definition) is 2. The third kappa shape index (κ3) is 3.56. The monoisotopic (exact) mass is 389 g/mol. The summed E-state index contributed by atoms with van der Waals surface area (Å²) in [7, 11) is 2.11. The van der Waals surface area contributed by atoms with Crippen molar-refractivity contribution >= 4 is 34.4 Å². The summed E-state index contributed by atoms with van der Waals surface area (Å²) in [6, 6.07) is 19.0. The Bertz CT molecular complexity index is 1060. The Morgan fingerprint density at radius 3 is 2.71 bits per heavy atom. The molecule has 0 saturated heterocycles. The highest BCUT2D eigenvalue weighted by atomic mass is 32.2. The van der Waals surface area contributed by atoms with Crippen LogP contribution in [-0.4, -0.2) is 13.6 Å². The van der Waals surface area contributed by atoms with E-state index in [9.17, 15) is 0 Å². The van der Waals surface area contributed by atoms with Gasteiger partial charge in [0.25, 0.3) is 0 Å². The zero-order valence-corrected chi connectivity index (χ0v) is 16.8. The van der Waals surface area contributed by atoms with Gasteiger partial charge in [-0.1, -0.05) is 48.2 Å². The van der Waals surface area contributed by atoms with Gasteiger partial charge in [0, 0.05) is 37.0 Å². The first-order valence-corrected chi connectivity index (χ1v) is 10.3. The van der Waals surface area contributed by atoms with Gasteiger partial charge in [0.15, 0.2) is 6.20 Å². The molecule has 4 rings (SSSR count). The highest BCUT2D eigenvalue weighted by molar-refractivity contribution is 8.03. The third-order valence-corrected chi connectivity index (χ3v) is 6.20. The summed E-state index contributed by atoms with van der Waals surface area (Å²) in [5.74, 6) is 0. The van der Waals surface area contributed by atoms with Gasteiger partial charge in [0.05, 0.1) is 16.1 Å².